The van der Waals surface area contributed by atoms with E-state index in [9.17, 15) is 10.5 Å². The maximum absolute atomic E-state index is 9.84. The lowest BCUT2D eigenvalue weighted by atomic mass is 9.98. The third-order valence-electron chi connectivity index (χ3n) is 10.2. The average molecular weight is 785 g/mol. The summed E-state index contributed by atoms with van der Waals surface area (Å²) < 4.78 is 19.4. The van der Waals surface area contributed by atoms with Gasteiger partial charge in [-0.1, -0.05) is 90.2 Å². The van der Waals surface area contributed by atoms with Gasteiger partial charge >= 0.3 is 0 Å². The highest BCUT2D eigenvalue weighted by molar-refractivity contribution is 7.58. The normalized spacial score (nSPS) is 11.9. The molecule has 4 heterocycles. The summed E-state index contributed by atoms with van der Waals surface area (Å²) in [6.45, 7) is 4.49. The SMILES string of the molecule is CCCCCCCCc1cc(-c2ccc(-c3c4c(c(-c5ccc(-c6ccc(C#N)c(CCCCCCCC)c6)s5)c5nsnc35)N=S=N4)s2)ccc1C#N. The van der Waals surface area contributed by atoms with Gasteiger partial charge in [-0.3, -0.25) is 0 Å². The van der Waals surface area contributed by atoms with E-state index >= 15 is 0 Å². The summed E-state index contributed by atoms with van der Waals surface area (Å²) in [7, 11) is 0. The summed E-state index contributed by atoms with van der Waals surface area (Å²) in [5.74, 6) is 0. The average Bonchev–Trinajstić information content (AvgIpc) is 4.05. The molecule has 10 heteroatoms. The van der Waals surface area contributed by atoms with Gasteiger partial charge in [0.1, 0.15) is 22.4 Å². The van der Waals surface area contributed by atoms with Gasteiger partial charge in [-0.25, -0.2) is 0 Å². The third-order valence-corrected chi connectivity index (χ3v) is 13.6. The molecule has 0 unspecified atom stereocenters. The van der Waals surface area contributed by atoms with Crippen LogP contribution in [0.3, 0.4) is 0 Å². The molecule has 7 rings (SSSR count). The van der Waals surface area contributed by atoms with Crippen LogP contribution in [0, 0.1) is 22.7 Å². The zero-order chi connectivity index (χ0) is 37.3. The highest BCUT2D eigenvalue weighted by Gasteiger charge is 2.28. The van der Waals surface area contributed by atoms with Gasteiger partial charge in [0.2, 0.25) is 0 Å². The number of benzene rings is 3. The van der Waals surface area contributed by atoms with E-state index in [0.29, 0.717) is 0 Å². The molecule has 0 spiro atoms. The highest BCUT2D eigenvalue weighted by Crippen LogP contribution is 2.54. The Labute approximate surface area is 334 Å². The number of aromatic nitrogens is 2. The minimum absolute atomic E-state index is 0.773. The fourth-order valence-electron chi connectivity index (χ4n) is 7.30. The zero-order valence-corrected chi connectivity index (χ0v) is 34.3. The lowest BCUT2D eigenvalue weighted by molar-refractivity contribution is 0.607. The molecule has 1 aliphatic rings. The monoisotopic (exact) mass is 784 g/mol. The highest BCUT2D eigenvalue weighted by atomic mass is 32.1. The third kappa shape index (κ3) is 8.33. The number of unbranched alkanes of at least 4 members (excludes halogenated alkanes) is 10. The van der Waals surface area contributed by atoms with E-state index < -0.39 is 0 Å². The number of aryl methyl sites for hydroxylation is 2. The predicted molar refractivity (Wildman–Crippen MR) is 230 cm³/mol. The van der Waals surface area contributed by atoms with Gasteiger partial charge in [-0.05, 0) is 96.5 Å². The number of hydrogen-bond donors (Lipinski definition) is 0. The molecule has 0 amide bonds. The van der Waals surface area contributed by atoms with Crippen molar-refractivity contribution in [1.29, 1.82) is 10.5 Å². The molecule has 0 aliphatic carbocycles. The summed E-state index contributed by atoms with van der Waals surface area (Å²) in [5, 5.41) is 19.7. The maximum atomic E-state index is 9.84. The maximum Gasteiger partial charge on any atom is 0.116 e. The standard InChI is InChI=1S/C44H44N6S4/c1-3-5-7-9-11-13-15-29-25-31(17-19-33(29)27-45)35-21-23-37(51-35)39-41-43(49-53-47-41)40(44-42(39)48-54-50-44)38-24-22-36(52-38)32-18-20-34(28-46)30(26-32)16-14-12-10-8-6-4-2/h17-26H,3-16H2,1-2H3. The van der Waals surface area contributed by atoms with Crippen molar-refractivity contribution in [1.82, 2.24) is 8.75 Å². The van der Waals surface area contributed by atoms with E-state index in [1.165, 1.54) is 87.3 Å². The van der Waals surface area contributed by atoms with Crippen molar-refractivity contribution in [2.24, 2.45) is 8.73 Å². The number of nitriles is 2. The topological polar surface area (TPSA) is 98.1 Å². The molecular weight excluding hydrogens is 741 g/mol. The van der Waals surface area contributed by atoms with Crippen molar-refractivity contribution < 1.29 is 0 Å². The van der Waals surface area contributed by atoms with Crippen molar-refractivity contribution in [3.63, 3.8) is 0 Å². The quantitative estimate of drug-likeness (QED) is 0.0809. The Kier molecular flexibility index (Phi) is 12.9. The van der Waals surface area contributed by atoms with Crippen molar-refractivity contribution >= 4 is 68.2 Å². The predicted octanol–water partition coefficient (Wildman–Crippen LogP) is 14.8. The van der Waals surface area contributed by atoms with E-state index in [1.807, 2.05) is 12.1 Å². The molecule has 3 aromatic carbocycles. The van der Waals surface area contributed by atoms with Gasteiger partial charge in [-0.15, -0.1) is 22.7 Å². The Morgan fingerprint density at radius 1 is 0.519 bits per heavy atom. The van der Waals surface area contributed by atoms with Crippen LogP contribution >= 0.6 is 34.4 Å². The minimum Gasteiger partial charge on any atom is -0.192 e. The summed E-state index contributed by atoms with van der Waals surface area (Å²) in [6, 6.07) is 26.0. The molecule has 0 saturated carbocycles. The molecule has 274 valence electrons. The minimum atomic E-state index is 0.773. The largest absolute Gasteiger partial charge is 0.192 e. The van der Waals surface area contributed by atoms with Crippen LogP contribution in [-0.4, -0.2) is 8.75 Å². The molecule has 6 aromatic rings. The fraction of sp³-hybridized carbons (Fsp3) is 0.364. The molecule has 0 bridgehead atoms. The molecule has 0 fully saturated rings. The van der Waals surface area contributed by atoms with E-state index in [-0.39, 0.29) is 0 Å². The van der Waals surface area contributed by atoms with Gasteiger partial charge in [0.25, 0.3) is 0 Å². The summed E-state index contributed by atoms with van der Waals surface area (Å²) in [6.07, 6.45) is 16.6. The van der Waals surface area contributed by atoms with Crippen LogP contribution in [0.4, 0.5) is 11.4 Å². The van der Waals surface area contributed by atoms with Crippen molar-refractivity contribution in [3.05, 3.63) is 82.9 Å². The van der Waals surface area contributed by atoms with Crippen LogP contribution in [-0.2, 0) is 24.2 Å². The molecule has 0 saturated heterocycles. The number of rotatable bonds is 18. The van der Waals surface area contributed by atoms with Gasteiger partial charge < -0.3 is 0 Å². The molecular formula is C44H44N6S4. The van der Waals surface area contributed by atoms with Gasteiger partial charge in [-0.2, -0.15) is 28.0 Å². The van der Waals surface area contributed by atoms with Gasteiger partial charge in [0.05, 0.1) is 46.3 Å². The van der Waals surface area contributed by atoms with E-state index in [1.54, 1.807) is 22.7 Å². The number of fused-ring (bicyclic) bond motifs is 2. The second-order valence-corrected chi connectivity index (χ2v) is 17.2. The van der Waals surface area contributed by atoms with Crippen molar-refractivity contribution in [3.8, 4) is 53.9 Å². The van der Waals surface area contributed by atoms with Gasteiger partial charge in [0, 0.05) is 30.6 Å². The fourth-order valence-corrected chi connectivity index (χ4v) is 10.5. The van der Waals surface area contributed by atoms with E-state index in [0.717, 1.165) is 112 Å². The molecule has 1 aliphatic heterocycles. The first-order valence-electron chi connectivity index (χ1n) is 19.3. The lowest BCUT2D eigenvalue weighted by Crippen LogP contribution is -1.92. The Morgan fingerprint density at radius 2 is 0.944 bits per heavy atom. The second kappa shape index (κ2) is 18.3. The van der Waals surface area contributed by atoms with Crippen LogP contribution in [0.2, 0.25) is 0 Å². The first-order chi connectivity index (χ1) is 26.6. The molecule has 3 aromatic heterocycles. The first kappa shape index (κ1) is 38.0. The van der Waals surface area contributed by atoms with Crippen LogP contribution in [0.5, 0.6) is 0 Å². The molecule has 0 radical (unpaired) electrons. The Morgan fingerprint density at radius 3 is 1.39 bits per heavy atom. The molecule has 0 atom stereocenters. The number of hydrogen-bond acceptors (Lipinski definition) is 9. The van der Waals surface area contributed by atoms with E-state index in [2.05, 4.69) is 74.5 Å². The lowest BCUT2D eigenvalue weighted by Gasteiger charge is -2.10. The van der Waals surface area contributed by atoms with Crippen LogP contribution < -0.4 is 0 Å². The molecule has 0 N–H and O–H groups in total. The van der Waals surface area contributed by atoms with Crippen LogP contribution in [0.1, 0.15) is 113 Å². The molecule has 54 heavy (non-hydrogen) atoms. The summed E-state index contributed by atoms with van der Waals surface area (Å²) in [4.78, 5) is 4.46. The zero-order valence-electron chi connectivity index (χ0n) is 31.0. The van der Waals surface area contributed by atoms with Crippen LogP contribution in [0.25, 0.3) is 52.8 Å². The van der Waals surface area contributed by atoms with Crippen molar-refractivity contribution in [2.75, 3.05) is 0 Å². The molecule has 6 nitrogen and oxygen atoms in total. The van der Waals surface area contributed by atoms with E-state index in [4.69, 9.17) is 17.5 Å². The Bertz CT molecular complexity index is 2250. The Hall–Kier alpha value is -4.32. The Balaban J connectivity index is 1.16. The number of thiophene rings is 2. The summed E-state index contributed by atoms with van der Waals surface area (Å²) >= 11 is 5.90. The van der Waals surface area contributed by atoms with Crippen LogP contribution in [0.15, 0.2) is 69.4 Å². The number of nitrogens with zero attached hydrogens (tertiary/aromatic N) is 6. The first-order valence-corrected chi connectivity index (χ1v) is 22.4. The smallest absolute Gasteiger partial charge is 0.116 e. The van der Waals surface area contributed by atoms with Crippen molar-refractivity contribution in [2.45, 2.75) is 104 Å². The second-order valence-electron chi connectivity index (χ2n) is 14.0. The van der Waals surface area contributed by atoms with Gasteiger partial charge in [0.15, 0.2) is 0 Å². The summed E-state index contributed by atoms with van der Waals surface area (Å²) in [5.41, 5.74) is 11.4.